The van der Waals surface area contributed by atoms with E-state index in [-0.39, 0.29) is 5.97 Å². The molecule has 1 N–H and O–H groups in total. The van der Waals surface area contributed by atoms with Gasteiger partial charge in [0.2, 0.25) is 0 Å². The molecule has 0 fully saturated rings. The molecule has 0 aliphatic heterocycles. The molecule has 0 bridgehead atoms. The molecular weight excluding hydrogens is 204 g/mol. The average molecular weight is 222 g/mol. The van der Waals surface area contributed by atoms with Crippen LogP contribution in [0.5, 0.6) is 0 Å². The predicted octanol–water partition coefficient (Wildman–Crippen LogP) is 1.63. The zero-order valence-corrected chi connectivity index (χ0v) is 9.61. The Kier molecular flexibility index (Phi) is 6.18. The summed E-state index contributed by atoms with van der Waals surface area (Å²) in [5, 5.41) is 3.20. The number of esters is 1. The molecule has 1 rings (SSSR count). The fraction of sp³-hybridized carbons (Fsp3) is 0.500. The van der Waals surface area contributed by atoms with E-state index < -0.39 is 0 Å². The summed E-state index contributed by atoms with van der Waals surface area (Å²) in [5.41, 5.74) is 0.496. The summed E-state index contributed by atoms with van der Waals surface area (Å²) in [6, 6.07) is 3.41. The van der Waals surface area contributed by atoms with Gasteiger partial charge in [-0.3, -0.25) is 4.98 Å². The molecule has 0 aliphatic carbocycles. The number of hydrogen-bond acceptors (Lipinski definition) is 4. The van der Waals surface area contributed by atoms with E-state index >= 15 is 0 Å². The maximum Gasteiger partial charge on any atom is 0.339 e. The third-order valence-electron chi connectivity index (χ3n) is 2.12. The van der Waals surface area contributed by atoms with Gasteiger partial charge in [-0.25, -0.2) is 4.79 Å². The minimum atomic E-state index is -0.314. The molecule has 0 saturated heterocycles. The molecular formula is C12H18N2O2. The van der Waals surface area contributed by atoms with Gasteiger partial charge in [0.15, 0.2) is 0 Å². The molecule has 0 spiro atoms. The van der Waals surface area contributed by atoms with Crippen LogP contribution in [0.1, 0.15) is 30.1 Å². The quantitative estimate of drug-likeness (QED) is 0.562. The van der Waals surface area contributed by atoms with Crippen LogP contribution >= 0.6 is 0 Å². The van der Waals surface area contributed by atoms with Crippen LogP contribution in [-0.2, 0) is 4.74 Å². The second-order valence-electron chi connectivity index (χ2n) is 3.48. The summed E-state index contributed by atoms with van der Waals surface area (Å²) in [6.07, 6.45) is 5.45. The molecule has 16 heavy (non-hydrogen) atoms. The van der Waals surface area contributed by atoms with Crippen LogP contribution in [-0.4, -0.2) is 30.6 Å². The third kappa shape index (κ3) is 4.89. The van der Waals surface area contributed by atoms with Crippen molar-refractivity contribution in [1.29, 1.82) is 0 Å². The lowest BCUT2D eigenvalue weighted by atomic mass is 10.3. The summed E-state index contributed by atoms with van der Waals surface area (Å²) >= 11 is 0. The Hall–Kier alpha value is -1.42. The lowest BCUT2D eigenvalue weighted by Gasteiger charge is -2.05. The summed E-state index contributed by atoms with van der Waals surface area (Å²) in [5.74, 6) is -0.314. The van der Waals surface area contributed by atoms with Crippen molar-refractivity contribution in [3.63, 3.8) is 0 Å². The predicted molar refractivity (Wildman–Crippen MR) is 62.3 cm³/mol. The molecule has 0 unspecified atom stereocenters. The van der Waals surface area contributed by atoms with Gasteiger partial charge in [0, 0.05) is 18.9 Å². The van der Waals surface area contributed by atoms with Gasteiger partial charge >= 0.3 is 5.97 Å². The Morgan fingerprint density at radius 1 is 1.50 bits per heavy atom. The Bertz CT molecular complexity index is 301. The number of unbranched alkanes of at least 4 members (excludes halogenated alkanes) is 1. The van der Waals surface area contributed by atoms with Crippen molar-refractivity contribution >= 4 is 5.97 Å². The average Bonchev–Trinajstić information content (AvgIpc) is 2.34. The molecule has 4 heteroatoms. The highest BCUT2D eigenvalue weighted by molar-refractivity contribution is 5.88. The Labute approximate surface area is 96.0 Å². The topological polar surface area (TPSA) is 51.2 Å². The zero-order valence-electron chi connectivity index (χ0n) is 9.61. The van der Waals surface area contributed by atoms with Crippen LogP contribution in [0.4, 0.5) is 0 Å². The highest BCUT2D eigenvalue weighted by Crippen LogP contribution is 1.97. The molecule has 0 atom stereocenters. The largest absolute Gasteiger partial charge is 0.461 e. The second kappa shape index (κ2) is 7.82. The van der Waals surface area contributed by atoms with Crippen molar-refractivity contribution in [2.75, 3.05) is 19.7 Å². The Morgan fingerprint density at radius 3 is 3.06 bits per heavy atom. The summed E-state index contributed by atoms with van der Waals surface area (Å²) in [4.78, 5) is 15.3. The van der Waals surface area contributed by atoms with Crippen LogP contribution in [0.3, 0.4) is 0 Å². The van der Waals surface area contributed by atoms with E-state index in [2.05, 4.69) is 17.2 Å². The first kappa shape index (κ1) is 12.6. The van der Waals surface area contributed by atoms with Crippen LogP contribution in [0.15, 0.2) is 24.5 Å². The lowest BCUT2D eigenvalue weighted by molar-refractivity contribution is 0.0508. The van der Waals surface area contributed by atoms with Gasteiger partial charge in [-0.1, -0.05) is 13.3 Å². The molecule has 1 aromatic rings. The highest BCUT2D eigenvalue weighted by Gasteiger charge is 2.05. The monoisotopic (exact) mass is 222 g/mol. The van der Waals surface area contributed by atoms with Gasteiger partial charge in [0.05, 0.1) is 5.56 Å². The maximum absolute atomic E-state index is 11.4. The zero-order chi connectivity index (χ0) is 11.6. The summed E-state index contributed by atoms with van der Waals surface area (Å²) in [6.45, 7) is 4.22. The molecule has 0 radical (unpaired) electrons. The number of nitrogens with one attached hydrogen (secondary N) is 1. The molecule has 88 valence electrons. The third-order valence-corrected chi connectivity index (χ3v) is 2.12. The van der Waals surface area contributed by atoms with Crippen LogP contribution in [0.2, 0.25) is 0 Å². The molecule has 0 aliphatic rings. The van der Waals surface area contributed by atoms with Gasteiger partial charge < -0.3 is 10.1 Å². The van der Waals surface area contributed by atoms with Crippen LogP contribution < -0.4 is 5.32 Å². The molecule has 0 saturated carbocycles. The van der Waals surface area contributed by atoms with Crippen LogP contribution in [0, 0.1) is 0 Å². The number of hydrogen-bond donors (Lipinski definition) is 1. The summed E-state index contributed by atoms with van der Waals surface area (Å²) < 4.78 is 5.07. The van der Waals surface area contributed by atoms with Gasteiger partial charge in [-0.15, -0.1) is 0 Å². The van der Waals surface area contributed by atoms with Gasteiger partial charge in [0.1, 0.15) is 6.61 Å². The van der Waals surface area contributed by atoms with E-state index in [1.54, 1.807) is 18.3 Å². The fourth-order valence-electron chi connectivity index (χ4n) is 1.21. The maximum atomic E-state index is 11.4. The van der Waals surface area contributed by atoms with E-state index in [1.165, 1.54) is 12.6 Å². The van der Waals surface area contributed by atoms with Crippen molar-refractivity contribution in [1.82, 2.24) is 10.3 Å². The molecule has 1 heterocycles. The standard InChI is InChI=1S/C12H18N2O2/c1-2-3-6-13-8-9-16-12(15)11-5-4-7-14-10-11/h4-5,7,10,13H,2-3,6,8-9H2,1H3. The fourth-order valence-corrected chi connectivity index (χ4v) is 1.21. The minimum Gasteiger partial charge on any atom is -0.461 e. The first-order valence-electron chi connectivity index (χ1n) is 5.62. The Morgan fingerprint density at radius 2 is 2.38 bits per heavy atom. The normalized spacial score (nSPS) is 10.1. The smallest absolute Gasteiger partial charge is 0.339 e. The van der Waals surface area contributed by atoms with E-state index in [4.69, 9.17) is 4.74 Å². The van der Waals surface area contributed by atoms with Crippen molar-refractivity contribution < 1.29 is 9.53 Å². The van der Waals surface area contributed by atoms with Gasteiger partial charge in [0.25, 0.3) is 0 Å². The highest BCUT2D eigenvalue weighted by atomic mass is 16.5. The number of carbonyl (C=O) groups excluding carboxylic acids is 1. The van der Waals surface area contributed by atoms with E-state index in [1.807, 2.05) is 0 Å². The van der Waals surface area contributed by atoms with Crippen molar-refractivity contribution in [3.05, 3.63) is 30.1 Å². The number of rotatable bonds is 7. The number of carbonyl (C=O) groups is 1. The first-order chi connectivity index (χ1) is 7.84. The van der Waals surface area contributed by atoms with E-state index in [9.17, 15) is 4.79 Å². The van der Waals surface area contributed by atoms with E-state index in [0.717, 1.165) is 13.0 Å². The lowest BCUT2D eigenvalue weighted by Crippen LogP contribution is -2.22. The van der Waals surface area contributed by atoms with Crippen molar-refractivity contribution in [2.24, 2.45) is 0 Å². The second-order valence-corrected chi connectivity index (χ2v) is 3.48. The number of nitrogens with zero attached hydrogens (tertiary/aromatic N) is 1. The van der Waals surface area contributed by atoms with Crippen molar-refractivity contribution in [3.8, 4) is 0 Å². The number of aromatic nitrogens is 1. The number of ether oxygens (including phenoxy) is 1. The first-order valence-corrected chi connectivity index (χ1v) is 5.62. The van der Waals surface area contributed by atoms with Crippen LogP contribution in [0.25, 0.3) is 0 Å². The molecule has 4 nitrogen and oxygen atoms in total. The molecule has 1 aromatic heterocycles. The summed E-state index contributed by atoms with van der Waals surface area (Å²) in [7, 11) is 0. The minimum absolute atomic E-state index is 0.314. The van der Waals surface area contributed by atoms with Crippen molar-refractivity contribution in [2.45, 2.75) is 19.8 Å². The van der Waals surface area contributed by atoms with E-state index in [0.29, 0.717) is 18.7 Å². The Balaban J connectivity index is 2.12. The number of pyridine rings is 1. The SMILES string of the molecule is CCCCNCCOC(=O)c1cccnc1. The molecule has 0 amide bonds. The van der Waals surface area contributed by atoms with Gasteiger partial charge in [-0.05, 0) is 25.1 Å². The molecule has 0 aromatic carbocycles. The van der Waals surface area contributed by atoms with Gasteiger partial charge in [-0.2, -0.15) is 0 Å².